The van der Waals surface area contributed by atoms with E-state index in [1.807, 2.05) is 0 Å². The molecule has 0 bridgehead atoms. The SMILES string of the molecule is CNCc1c(Cl)cccc1N(CC(F)(F)F)C(C)C. The van der Waals surface area contributed by atoms with Gasteiger partial charge in [0.05, 0.1) is 0 Å². The van der Waals surface area contributed by atoms with E-state index < -0.39 is 12.7 Å². The summed E-state index contributed by atoms with van der Waals surface area (Å²) in [6.45, 7) is 2.91. The van der Waals surface area contributed by atoms with E-state index in [4.69, 9.17) is 11.6 Å². The fraction of sp³-hybridized carbons (Fsp3) is 0.538. The molecule has 108 valence electrons. The van der Waals surface area contributed by atoms with E-state index >= 15 is 0 Å². The highest BCUT2D eigenvalue weighted by molar-refractivity contribution is 6.31. The Morgan fingerprint density at radius 3 is 2.42 bits per heavy atom. The first-order valence-electron chi connectivity index (χ1n) is 6.01. The maximum absolute atomic E-state index is 12.7. The van der Waals surface area contributed by atoms with Gasteiger partial charge in [-0.15, -0.1) is 0 Å². The van der Waals surface area contributed by atoms with Crippen molar-refractivity contribution >= 4 is 17.3 Å². The quantitative estimate of drug-likeness (QED) is 0.888. The van der Waals surface area contributed by atoms with Crippen molar-refractivity contribution < 1.29 is 13.2 Å². The highest BCUT2D eigenvalue weighted by Gasteiger charge is 2.32. The van der Waals surface area contributed by atoms with Crippen molar-refractivity contribution in [1.29, 1.82) is 0 Å². The third-order valence-corrected chi connectivity index (χ3v) is 3.08. The second kappa shape index (κ2) is 6.48. The van der Waals surface area contributed by atoms with E-state index in [2.05, 4.69) is 5.32 Å². The van der Waals surface area contributed by atoms with Crippen LogP contribution in [0.2, 0.25) is 5.02 Å². The van der Waals surface area contributed by atoms with Crippen LogP contribution in [0.3, 0.4) is 0 Å². The normalized spacial score (nSPS) is 12.0. The molecule has 6 heteroatoms. The second-order valence-electron chi connectivity index (χ2n) is 4.60. The van der Waals surface area contributed by atoms with Crippen molar-refractivity contribution in [2.45, 2.75) is 32.6 Å². The molecule has 0 amide bonds. The van der Waals surface area contributed by atoms with Crippen LogP contribution in [0.4, 0.5) is 18.9 Å². The Labute approximate surface area is 116 Å². The van der Waals surface area contributed by atoms with Crippen LogP contribution in [0.15, 0.2) is 18.2 Å². The number of halogens is 4. The first kappa shape index (κ1) is 16.1. The van der Waals surface area contributed by atoms with E-state index in [0.717, 1.165) is 0 Å². The van der Waals surface area contributed by atoms with Gasteiger partial charge in [0.25, 0.3) is 0 Å². The van der Waals surface area contributed by atoms with Crippen molar-refractivity contribution in [3.8, 4) is 0 Å². The van der Waals surface area contributed by atoms with Gasteiger partial charge in [-0.3, -0.25) is 0 Å². The second-order valence-corrected chi connectivity index (χ2v) is 5.01. The minimum absolute atomic E-state index is 0.268. The van der Waals surface area contributed by atoms with Gasteiger partial charge in [-0.05, 0) is 33.0 Å². The number of nitrogens with one attached hydrogen (secondary N) is 1. The molecule has 0 spiro atoms. The summed E-state index contributed by atoms with van der Waals surface area (Å²) in [5.74, 6) is 0. The van der Waals surface area contributed by atoms with Crippen molar-refractivity contribution in [3.63, 3.8) is 0 Å². The molecule has 0 heterocycles. The minimum atomic E-state index is -4.25. The zero-order valence-corrected chi connectivity index (χ0v) is 11.9. The summed E-state index contributed by atoms with van der Waals surface area (Å²) in [7, 11) is 1.73. The van der Waals surface area contributed by atoms with Crippen LogP contribution >= 0.6 is 11.6 Å². The summed E-state index contributed by atoms with van der Waals surface area (Å²) >= 11 is 6.08. The molecule has 0 saturated carbocycles. The lowest BCUT2D eigenvalue weighted by molar-refractivity contribution is -0.120. The summed E-state index contributed by atoms with van der Waals surface area (Å²) in [5.41, 5.74) is 1.21. The zero-order chi connectivity index (χ0) is 14.6. The van der Waals surface area contributed by atoms with Crippen LogP contribution < -0.4 is 10.2 Å². The van der Waals surface area contributed by atoms with Gasteiger partial charge in [0.2, 0.25) is 0 Å². The number of nitrogens with zero attached hydrogens (tertiary/aromatic N) is 1. The van der Waals surface area contributed by atoms with Crippen LogP contribution in [-0.4, -0.2) is 25.8 Å². The number of benzene rings is 1. The Balaban J connectivity index is 3.19. The van der Waals surface area contributed by atoms with Crippen LogP contribution in [0.5, 0.6) is 0 Å². The van der Waals surface area contributed by atoms with Gasteiger partial charge < -0.3 is 10.2 Å². The molecule has 0 fully saturated rings. The lowest BCUT2D eigenvalue weighted by Crippen LogP contribution is -2.40. The van der Waals surface area contributed by atoms with Gasteiger partial charge in [0.15, 0.2) is 0 Å². The lowest BCUT2D eigenvalue weighted by atomic mass is 10.1. The Kier molecular flexibility index (Phi) is 5.50. The number of alkyl halides is 3. The van der Waals surface area contributed by atoms with E-state index in [1.54, 1.807) is 39.1 Å². The molecule has 1 N–H and O–H groups in total. The van der Waals surface area contributed by atoms with E-state index in [0.29, 0.717) is 22.8 Å². The summed E-state index contributed by atoms with van der Waals surface area (Å²) in [5, 5.41) is 3.40. The van der Waals surface area contributed by atoms with Crippen LogP contribution in [0, 0.1) is 0 Å². The first-order chi connectivity index (χ1) is 8.76. The molecule has 0 aromatic heterocycles. The van der Waals surface area contributed by atoms with Crippen LogP contribution in [0.25, 0.3) is 0 Å². The van der Waals surface area contributed by atoms with Gasteiger partial charge in [-0.1, -0.05) is 17.7 Å². The zero-order valence-electron chi connectivity index (χ0n) is 11.2. The van der Waals surface area contributed by atoms with Gasteiger partial charge in [-0.2, -0.15) is 13.2 Å². The molecule has 0 saturated heterocycles. The standard InChI is InChI=1S/C13H18ClF3N2/c1-9(2)19(8-13(15,16)17)12-6-4-5-11(14)10(12)7-18-3/h4-6,9,18H,7-8H2,1-3H3. The van der Waals surface area contributed by atoms with Gasteiger partial charge in [0, 0.05) is 28.9 Å². The molecule has 1 aromatic carbocycles. The number of hydrogen-bond acceptors (Lipinski definition) is 2. The predicted molar refractivity (Wildman–Crippen MR) is 72.8 cm³/mol. The van der Waals surface area contributed by atoms with Gasteiger partial charge in [-0.25, -0.2) is 0 Å². The van der Waals surface area contributed by atoms with Crippen molar-refractivity contribution in [2.24, 2.45) is 0 Å². The lowest BCUT2D eigenvalue weighted by Gasteiger charge is -2.32. The predicted octanol–water partition coefficient (Wildman–Crippen LogP) is 3.84. The maximum atomic E-state index is 12.7. The minimum Gasteiger partial charge on any atom is -0.360 e. The van der Waals surface area contributed by atoms with Crippen LogP contribution in [0.1, 0.15) is 19.4 Å². The maximum Gasteiger partial charge on any atom is 0.405 e. The monoisotopic (exact) mass is 294 g/mol. The molecule has 2 nitrogen and oxygen atoms in total. The highest BCUT2D eigenvalue weighted by atomic mass is 35.5. The first-order valence-corrected chi connectivity index (χ1v) is 6.39. The summed E-state index contributed by atoms with van der Waals surface area (Å²) < 4.78 is 38.0. The molecule has 0 aliphatic carbocycles. The molecule has 1 rings (SSSR count). The van der Waals surface area contributed by atoms with E-state index in [-0.39, 0.29) is 6.04 Å². The fourth-order valence-electron chi connectivity index (χ4n) is 1.91. The molecule has 0 aliphatic rings. The fourth-order valence-corrected chi connectivity index (χ4v) is 2.14. The molecular weight excluding hydrogens is 277 g/mol. The van der Waals surface area contributed by atoms with Gasteiger partial charge >= 0.3 is 6.18 Å². The topological polar surface area (TPSA) is 15.3 Å². The molecule has 0 aliphatic heterocycles. The summed E-state index contributed by atoms with van der Waals surface area (Å²) in [6, 6.07) is 4.76. The highest BCUT2D eigenvalue weighted by Crippen LogP contribution is 2.31. The molecule has 0 atom stereocenters. The van der Waals surface area contributed by atoms with Crippen molar-refractivity contribution in [3.05, 3.63) is 28.8 Å². The third-order valence-electron chi connectivity index (χ3n) is 2.73. The number of anilines is 1. The molecule has 1 aromatic rings. The Bertz CT molecular complexity index is 419. The summed E-state index contributed by atoms with van der Waals surface area (Å²) in [6.07, 6.45) is -4.25. The number of hydrogen-bond donors (Lipinski definition) is 1. The smallest absolute Gasteiger partial charge is 0.360 e. The largest absolute Gasteiger partial charge is 0.405 e. The molecular formula is C13H18ClF3N2. The number of rotatable bonds is 5. The Morgan fingerprint density at radius 1 is 1.32 bits per heavy atom. The Morgan fingerprint density at radius 2 is 1.95 bits per heavy atom. The van der Waals surface area contributed by atoms with Crippen LogP contribution in [-0.2, 0) is 6.54 Å². The third kappa shape index (κ3) is 4.58. The molecule has 0 radical (unpaired) electrons. The van der Waals surface area contributed by atoms with Gasteiger partial charge in [0.1, 0.15) is 6.54 Å². The summed E-state index contributed by atoms with van der Waals surface area (Å²) in [4.78, 5) is 1.32. The average Bonchev–Trinajstić information content (AvgIpc) is 2.28. The van der Waals surface area contributed by atoms with Crippen molar-refractivity contribution in [1.82, 2.24) is 5.32 Å². The van der Waals surface area contributed by atoms with Crippen molar-refractivity contribution in [2.75, 3.05) is 18.5 Å². The molecule has 0 unspecified atom stereocenters. The van der Waals surface area contributed by atoms with E-state index in [9.17, 15) is 13.2 Å². The average molecular weight is 295 g/mol. The van der Waals surface area contributed by atoms with E-state index in [1.165, 1.54) is 4.90 Å². The molecule has 19 heavy (non-hydrogen) atoms. The Hall–Kier alpha value is -0.940.